The zero-order valence-electron chi connectivity index (χ0n) is 12.3. The van der Waals surface area contributed by atoms with Crippen LogP contribution in [0.15, 0.2) is 40.8 Å². The number of halogens is 1. The fourth-order valence-corrected chi connectivity index (χ4v) is 2.14. The molecule has 0 spiro atoms. The first-order chi connectivity index (χ1) is 10.6. The van der Waals surface area contributed by atoms with Crippen molar-refractivity contribution in [2.75, 3.05) is 5.32 Å². The second-order valence-electron chi connectivity index (χ2n) is 4.94. The van der Waals surface area contributed by atoms with Gasteiger partial charge in [-0.05, 0) is 50.2 Å². The molecule has 0 bridgehead atoms. The monoisotopic (exact) mass is 314 g/mol. The number of hydrogen-bond donors (Lipinski definition) is 1. The van der Waals surface area contributed by atoms with E-state index in [4.69, 9.17) is 16.0 Å². The van der Waals surface area contributed by atoms with Gasteiger partial charge in [0.2, 0.25) is 0 Å². The van der Waals surface area contributed by atoms with Gasteiger partial charge in [-0.2, -0.15) is 0 Å². The van der Waals surface area contributed by atoms with Crippen LogP contribution in [0.25, 0.3) is 11.4 Å². The SMILES string of the molecule is Cc1ccc(CNc2nc(-c3ccc(Cl)cc3)nnc2C)o1. The standard InChI is InChI=1S/C16H15ClN4O/c1-10-3-8-14(22-10)9-18-15-11(2)20-21-16(19-15)12-4-6-13(17)7-5-12/h3-8H,9H2,1-2H3,(H,18,19,21). The van der Waals surface area contributed by atoms with Gasteiger partial charge in [0.05, 0.1) is 6.54 Å². The first kappa shape index (κ1) is 14.5. The zero-order chi connectivity index (χ0) is 15.5. The molecule has 0 fully saturated rings. The van der Waals surface area contributed by atoms with E-state index in [1.807, 2.05) is 38.1 Å². The summed E-state index contributed by atoms with van der Waals surface area (Å²) in [5, 5.41) is 12.2. The van der Waals surface area contributed by atoms with Crippen LogP contribution in [0.1, 0.15) is 17.2 Å². The van der Waals surface area contributed by atoms with Gasteiger partial charge in [-0.15, -0.1) is 10.2 Å². The van der Waals surface area contributed by atoms with Gasteiger partial charge in [-0.3, -0.25) is 0 Å². The van der Waals surface area contributed by atoms with Gasteiger partial charge in [0.15, 0.2) is 11.6 Å². The molecule has 112 valence electrons. The Morgan fingerprint density at radius 2 is 1.82 bits per heavy atom. The first-order valence-electron chi connectivity index (χ1n) is 6.88. The van der Waals surface area contributed by atoms with Crippen LogP contribution in [0.3, 0.4) is 0 Å². The van der Waals surface area contributed by atoms with Crippen molar-refractivity contribution in [3.63, 3.8) is 0 Å². The van der Waals surface area contributed by atoms with E-state index in [1.165, 1.54) is 0 Å². The van der Waals surface area contributed by atoms with E-state index in [2.05, 4.69) is 20.5 Å². The Hall–Kier alpha value is -2.40. The van der Waals surface area contributed by atoms with Gasteiger partial charge in [0, 0.05) is 10.6 Å². The molecule has 0 radical (unpaired) electrons. The third kappa shape index (κ3) is 3.26. The van der Waals surface area contributed by atoms with Crippen molar-refractivity contribution in [3.8, 4) is 11.4 Å². The van der Waals surface area contributed by atoms with Crippen molar-refractivity contribution in [3.05, 3.63) is 58.6 Å². The number of nitrogens with one attached hydrogen (secondary N) is 1. The minimum atomic E-state index is 0.549. The summed E-state index contributed by atoms with van der Waals surface area (Å²) >= 11 is 5.90. The lowest BCUT2D eigenvalue weighted by Gasteiger charge is -2.08. The molecule has 2 heterocycles. The van der Waals surface area contributed by atoms with Gasteiger partial charge in [0.25, 0.3) is 0 Å². The molecular weight excluding hydrogens is 300 g/mol. The lowest BCUT2D eigenvalue weighted by atomic mass is 10.2. The molecule has 0 saturated carbocycles. The molecule has 6 heteroatoms. The van der Waals surface area contributed by atoms with Crippen molar-refractivity contribution in [2.45, 2.75) is 20.4 Å². The van der Waals surface area contributed by atoms with E-state index in [9.17, 15) is 0 Å². The minimum Gasteiger partial charge on any atom is -0.465 e. The quantitative estimate of drug-likeness (QED) is 0.788. The molecular formula is C16H15ClN4O. The number of aromatic nitrogens is 3. The average molecular weight is 315 g/mol. The van der Waals surface area contributed by atoms with Crippen molar-refractivity contribution < 1.29 is 4.42 Å². The van der Waals surface area contributed by atoms with E-state index in [0.717, 1.165) is 22.8 Å². The van der Waals surface area contributed by atoms with Crippen molar-refractivity contribution in [1.82, 2.24) is 15.2 Å². The molecule has 22 heavy (non-hydrogen) atoms. The Balaban J connectivity index is 1.81. The normalized spacial score (nSPS) is 10.7. The highest BCUT2D eigenvalue weighted by molar-refractivity contribution is 6.30. The molecule has 5 nitrogen and oxygen atoms in total. The van der Waals surface area contributed by atoms with Crippen molar-refractivity contribution in [2.24, 2.45) is 0 Å². The molecule has 2 aromatic heterocycles. The minimum absolute atomic E-state index is 0.549. The van der Waals surface area contributed by atoms with Crippen LogP contribution in [0.5, 0.6) is 0 Å². The Morgan fingerprint density at radius 3 is 2.50 bits per heavy atom. The van der Waals surface area contributed by atoms with E-state index >= 15 is 0 Å². The topological polar surface area (TPSA) is 63.8 Å². The van der Waals surface area contributed by atoms with Gasteiger partial charge < -0.3 is 9.73 Å². The van der Waals surface area contributed by atoms with Crippen molar-refractivity contribution >= 4 is 17.4 Å². The van der Waals surface area contributed by atoms with Crippen LogP contribution in [0.2, 0.25) is 5.02 Å². The number of anilines is 1. The molecule has 3 aromatic rings. The van der Waals surface area contributed by atoms with Crippen LogP contribution in [0.4, 0.5) is 5.82 Å². The summed E-state index contributed by atoms with van der Waals surface area (Å²) < 4.78 is 5.53. The Kier molecular flexibility index (Phi) is 4.06. The highest BCUT2D eigenvalue weighted by Gasteiger charge is 2.08. The Bertz CT molecular complexity index is 783. The number of benzene rings is 1. The fourth-order valence-electron chi connectivity index (χ4n) is 2.02. The second kappa shape index (κ2) is 6.15. The molecule has 3 rings (SSSR count). The predicted molar refractivity (Wildman–Crippen MR) is 85.8 cm³/mol. The van der Waals surface area contributed by atoms with E-state index in [-0.39, 0.29) is 0 Å². The third-order valence-electron chi connectivity index (χ3n) is 3.18. The van der Waals surface area contributed by atoms with Gasteiger partial charge in [-0.1, -0.05) is 11.6 Å². The number of rotatable bonds is 4. The van der Waals surface area contributed by atoms with Gasteiger partial charge in [0.1, 0.15) is 17.2 Å². The highest BCUT2D eigenvalue weighted by atomic mass is 35.5. The summed E-state index contributed by atoms with van der Waals surface area (Å²) in [5.74, 6) is 2.98. The molecule has 1 aromatic carbocycles. The molecule has 0 aliphatic rings. The third-order valence-corrected chi connectivity index (χ3v) is 3.44. The second-order valence-corrected chi connectivity index (χ2v) is 5.38. The molecule has 0 aliphatic heterocycles. The van der Waals surface area contributed by atoms with Gasteiger partial charge >= 0.3 is 0 Å². The number of hydrogen-bond acceptors (Lipinski definition) is 5. The average Bonchev–Trinajstić information content (AvgIpc) is 2.93. The summed E-state index contributed by atoms with van der Waals surface area (Å²) in [4.78, 5) is 4.52. The molecule has 0 amide bonds. The maximum absolute atomic E-state index is 5.90. The molecule has 0 atom stereocenters. The summed E-state index contributed by atoms with van der Waals surface area (Å²) in [6.45, 7) is 4.33. The largest absolute Gasteiger partial charge is 0.465 e. The van der Waals surface area contributed by atoms with E-state index in [0.29, 0.717) is 23.2 Å². The van der Waals surface area contributed by atoms with E-state index in [1.54, 1.807) is 12.1 Å². The molecule has 0 unspecified atom stereocenters. The Morgan fingerprint density at radius 1 is 1.05 bits per heavy atom. The Labute approximate surface area is 133 Å². The number of furan rings is 1. The predicted octanol–water partition coefficient (Wildman–Crippen LogP) is 4.01. The molecule has 0 aliphatic carbocycles. The van der Waals surface area contributed by atoms with Gasteiger partial charge in [-0.25, -0.2) is 4.98 Å². The van der Waals surface area contributed by atoms with Crippen molar-refractivity contribution in [1.29, 1.82) is 0 Å². The number of nitrogens with zero attached hydrogens (tertiary/aromatic N) is 3. The smallest absolute Gasteiger partial charge is 0.183 e. The van der Waals surface area contributed by atoms with Crippen LogP contribution in [-0.4, -0.2) is 15.2 Å². The van der Waals surface area contributed by atoms with Crippen LogP contribution in [0, 0.1) is 13.8 Å². The summed E-state index contributed by atoms with van der Waals surface area (Å²) in [7, 11) is 0. The summed E-state index contributed by atoms with van der Waals surface area (Å²) in [6, 6.07) is 11.2. The maximum Gasteiger partial charge on any atom is 0.183 e. The molecule has 1 N–H and O–H groups in total. The lowest BCUT2D eigenvalue weighted by molar-refractivity contribution is 0.490. The summed E-state index contributed by atoms with van der Waals surface area (Å²) in [6.07, 6.45) is 0. The number of aryl methyl sites for hydroxylation is 2. The van der Waals surface area contributed by atoms with E-state index < -0.39 is 0 Å². The highest BCUT2D eigenvalue weighted by Crippen LogP contribution is 2.20. The van der Waals surface area contributed by atoms with Crippen LogP contribution in [-0.2, 0) is 6.54 Å². The summed E-state index contributed by atoms with van der Waals surface area (Å²) in [5.41, 5.74) is 1.61. The molecule has 0 saturated heterocycles. The van der Waals surface area contributed by atoms with Crippen LogP contribution < -0.4 is 5.32 Å². The maximum atomic E-state index is 5.90. The lowest BCUT2D eigenvalue weighted by Crippen LogP contribution is -2.06. The zero-order valence-corrected chi connectivity index (χ0v) is 13.1. The fraction of sp³-hybridized carbons (Fsp3) is 0.188. The van der Waals surface area contributed by atoms with Crippen LogP contribution >= 0.6 is 11.6 Å². The first-order valence-corrected chi connectivity index (χ1v) is 7.26.